The molecule has 0 amide bonds. The van der Waals surface area contributed by atoms with Gasteiger partial charge < -0.3 is 0 Å². The van der Waals surface area contributed by atoms with Crippen LogP contribution in [0.5, 0.6) is 0 Å². The largest absolute Gasteiger partial charge is 0.0654 e. The van der Waals surface area contributed by atoms with Gasteiger partial charge in [-0.05, 0) is 19.5 Å². The smallest absolute Gasteiger partial charge is 0.0540 e. The van der Waals surface area contributed by atoms with E-state index in [-0.39, 0.29) is 0 Å². The van der Waals surface area contributed by atoms with Gasteiger partial charge in [-0.15, -0.1) is 0 Å². The average molecular weight is 221 g/mol. The summed E-state index contributed by atoms with van der Waals surface area (Å²) in [6.45, 7) is 4.61. The van der Waals surface area contributed by atoms with Crippen LogP contribution >= 0.6 is 16.5 Å². The van der Waals surface area contributed by atoms with Crippen molar-refractivity contribution >= 4 is 16.5 Å². The van der Waals surface area contributed by atoms with Crippen LogP contribution in [-0.2, 0) is 0 Å². The Morgan fingerprint density at radius 3 is 2.08 bits per heavy atom. The third-order valence-corrected chi connectivity index (χ3v) is 6.57. The van der Waals surface area contributed by atoms with E-state index in [2.05, 4.69) is 13.8 Å². The zero-order chi connectivity index (χ0) is 9.78. The number of rotatable bonds is 10. The molecule has 0 saturated carbocycles. The summed E-state index contributed by atoms with van der Waals surface area (Å²) in [5.41, 5.74) is 0. The van der Waals surface area contributed by atoms with Gasteiger partial charge in [0.1, 0.15) is 0 Å². The zero-order valence-corrected chi connectivity index (χ0v) is 11.6. The van der Waals surface area contributed by atoms with E-state index < -0.39 is 0 Å². The highest BCUT2D eigenvalue weighted by atomic mass is 32.0. The second-order valence-corrected chi connectivity index (χ2v) is 8.27. The Kier molecular flexibility index (Phi) is 13.7. The fourth-order valence-electron chi connectivity index (χ4n) is 1.43. The van der Waals surface area contributed by atoms with Gasteiger partial charge in [0.05, 0.1) is 6.16 Å². The number of hydrogen-bond donors (Lipinski definition) is 0. The molecule has 0 heterocycles. The molecule has 2 unspecified atom stereocenters. The third kappa shape index (κ3) is 12.9. The highest BCUT2D eigenvalue weighted by Crippen LogP contribution is 2.36. The lowest BCUT2D eigenvalue weighted by Crippen LogP contribution is -1.80. The highest BCUT2D eigenvalue weighted by molar-refractivity contribution is 8.11. The third-order valence-electron chi connectivity index (χ3n) is 2.27. The van der Waals surface area contributed by atoms with E-state index in [1.807, 2.05) is 0 Å². The Morgan fingerprint density at radius 1 is 0.846 bits per heavy atom. The predicted molar refractivity (Wildman–Crippen MR) is 71.4 cm³/mol. The first-order valence-electron chi connectivity index (χ1n) is 5.96. The van der Waals surface area contributed by atoms with Crippen LogP contribution in [0.25, 0.3) is 0 Å². The average Bonchev–Trinajstić information content (AvgIpc) is 2.16. The van der Waals surface area contributed by atoms with Crippen LogP contribution in [-0.4, -0.2) is 12.3 Å². The standard InChI is InChI=1S/C11H26P2/c1-3-5-6-7-8-9-10-11-13-12-4-2/h12-13H,3-11H2,1-2H3/p+1. The number of hydrogen-bond acceptors (Lipinski definition) is 0. The predicted octanol–water partition coefficient (Wildman–Crippen LogP) is 4.76. The SMILES string of the molecule is CCCCCCCCCP[PH2+]CC. The summed E-state index contributed by atoms with van der Waals surface area (Å²) >= 11 is 0. The topological polar surface area (TPSA) is 0 Å². The summed E-state index contributed by atoms with van der Waals surface area (Å²) in [5.74, 6) is 0. The fourth-order valence-corrected chi connectivity index (χ4v) is 4.47. The summed E-state index contributed by atoms with van der Waals surface area (Å²) in [6.07, 6.45) is 13.3. The summed E-state index contributed by atoms with van der Waals surface area (Å²) in [7, 11) is 2.16. The number of unbranched alkanes of at least 4 members (excludes halogenated alkanes) is 6. The maximum absolute atomic E-state index is 2.33. The van der Waals surface area contributed by atoms with Gasteiger partial charge in [0.2, 0.25) is 0 Å². The Hall–Kier alpha value is 0.860. The molecule has 0 aromatic carbocycles. The van der Waals surface area contributed by atoms with Crippen molar-refractivity contribution in [1.29, 1.82) is 0 Å². The molecule has 0 aliphatic carbocycles. The van der Waals surface area contributed by atoms with Crippen molar-refractivity contribution in [3.05, 3.63) is 0 Å². The van der Waals surface area contributed by atoms with Crippen molar-refractivity contribution in [1.82, 2.24) is 0 Å². The first-order valence-corrected chi connectivity index (χ1v) is 9.80. The monoisotopic (exact) mass is 221 g/mol. The van der Waals surface area contributed by atoms with Crippen molar-refractivity contribution in [2.45, 2.75) is 58.8 Å². The minimum Gasteiger partial charge on any atom is -0.0654 e. The maximum atomic E-state index is 2.33. The Labute approximate surface area is 88.1 Å². The van der Waals surface area contributed by atoms with E-state index in [9.17, 15) is 0 Å². The zero-order valence-electron chi connectivity index (χ0n) is 9.44. The first kappa shape index (κ1) is 13.9. The van der Waals surface area contributed by atoms with Gasteiger partial charge >= 0.3 is 0 Å². The van der Waals surface area contributed by atoms with E-state index in [1.54, 1.807) is 0 Å². The van der Waals surface area contributed by atoms with Crippen molar-refractivity contribution in [3.63, 3.8) is 0 Å². The van der Waals surface area contributed by atoms with Crippen LogP contribution in [0.3, 0.4) is 0 Å². The second-order valence-electron chi connectivity index (χ2n) is 3.69. The normalized spacial score (nSPS) is 12.5. The fraction of sp³-hybridized carbons (Fsp3) is 1.00. The van der Waals surface area contributed by atoms with Gasteiger partial charge in [-0.25, -0.2) is 0 Å². The molecule has 0 radical (unpaired) electrons. The molecule has 2 atom stereocenters. The molecule has 0 saturated heterocycles. The Balaban J connectivity index is 2.76. The molecule has 0 aromatic rings. The lowest BCUT2D eigenvalue weighted by atomic mass is 10.1. The van der Waals surface area contributed by atoms with Crippen LogP contribution in [0.2, 0.25) is 0 Å². The van der Waals surface area contributed by atoms with Gasteiger partial charge in [0.25, 0.3) is 0 Å². The van der Waals surface area contributed by atoms with Crippen molar-refractivity contribution < 1.29 is 0 Å². The molecule has 0 nitrogen and oxygen atoms in total. The van der Waals surface area contributed by atoms with Crippen molar-refractivity contribution in [2.24, 2.45) is 0 Å². The van der Waals surface area contributed by atoms with Crippen LogP contribution in [0.15, 0.2) is 0 Å². The van der Waals surface area contributed by atoms with E-state index in [1.165, 1.54) is 65.5 Å². The molecule has 0 aromatic heterocycles. The van der Waals surface area contributed by atoms with Gasteiger partial charge in [0, 0.05) is 16.5 Å². The Morgan fingerprint density at radius 2 is 1.46 bits per heavy atom. The van der Waals surface area contributed by atoms with Crippen molar-refractivity contribution in [3.8, 4) is 0 Å². The minimum absolute atomic E-state index is 0.828. The summed E-state index contributed by atoms with van der Waals surface area (Å²) in [6, 6.07) is 0. The van der Waals surface area contributed by atoms with E-state index in [0.29, 0.717) is 0 Å². The minimum atomic E-state index is 0.828. The summed E-state index contributed by atoms with van der Waals surface area (Å²) in [5, 5.41) is 0. The molecule has 0 fully saturated rings. The molecule has 0 rings (SSSR count). The highest BCUT2D eigenvalue weighted by Gasteiger charge is 1.93. The lowest BCUT2D eigenvalue weighted by Gasteiger charge is -1.99. The molecule has 0 spiro atoms. The Bertz CT molecular complexity index is 74.2. The molecule has 2 heteroatoms. The molecule has 13 heavy (non-hydrogen) atoms. The van der Waals surface area contributed by atoms with Crippen LogP contribution < -0.4 is 0 Å². The van der Waals surface area contributed by atoms with Gasteiger partial charge in [-0.3, -0.25) is 0 Å². The van der Waals surface area contributed by atoms with E-state index in [0.717, 1.165) is 8.27 Å². The maximum Gasteiger partial charge on any atom is 0.0540 e. The van der Waals surface area contributed by atoms with E-state index in [4.69, 9.17) is 0 Å². The first-order chi connectivity index (χ1) is 6.41. The van der Waals surface area contributed by atoms with Crippen molar-refractivity contribution in [2.75, 3.05) is 12.3 Å². The molecule has 0 aliphatic rings. The van der Waals surface area contributed by atoms with Gasteiger partial charge in [-0.1, -0.05) is 45.4 Å². The quantitative estimate of drug-likeness (QED) is 0.368. The molecular formula is C11H27P2+. The molecule has 80 valence electrons. The van der Waals surface area contributed by atoms with Gasteiger partial charge in [0.15, 0.2) is 0 Å². The van der Waals surface area contributed by atoms with E-state index >= 15 is 0 Å². The molecular weight excluding hydrogens is 194 g/mol. The second kappa shape index (κ2) is 12.9. The summed E-state index contributed by atoms with van der Waals surface area (Å²) < 4.78 is 0. The van der Waals surface area contributed by atoms with Crippen LogP contribution in [0.1, 0.15) is 58.8 Å². The molecule has 0 bridgehead atoms. The lowest BCUT2D eigenvalue weighted by molar-refractivity contribution is 0.603. The summed E-state index contributed by atoms with van der Waals surface area (Å²) in [4.78, 5) is 0. The molecule has 0 N–H and O–H groups in total. The van der Waals surface area contributed by atoms with Crippen LogP contribution in [0.4, 0.5) is 0 Å². The van der Waals surface area contributed by atoms with Crippen LogP contribution in [0, 0.1) is 0 Å². The van der Waals surface area contributed by atoms with Gasteiger partial charge in [-0.2, -0.15) is 0 Å². The molecule has 0 aliphatic heterocycles.